The van der Waals surface area contributed by atoms with Gasteiger partial charge in [0.1, 0.15) is 0 Å². The van der Waals surface area contributed by atoms with Gasteiger partial charge in [0, 0.05) is 18.3 Å². The second kappa shape index (κ2) is 4.89. The molecular formula is C12H12N6O. The third-order valence-electron chi connectivity index (χ3n) is 2.75. The molecule has 0 fully saturated rings. The molecule has 3 rings (SSSR count). The van der Waals surface area contributed by atoms with Gasteiger partial charge in [-0.05, 0) is 18.2 Å². The number of benzene rings is 1. The van der Waals surface area contributed by atoms with E-state index in [1.807, 2.05) is 31.3 Å². The standard InChI is InChI=1S/C12H12N6O/c1-18-11(7-14-17-18)6-13-10-4-2-3-9(5-10)12-16-15-8-19-12/h2-5,7-8,13H,6H2,1H3. The van der Waals surface area contributed by atoms with E-state index in [4.69, 9.17) is 4.42 Å². The molecule has 0 unspecified atom stereocenters. The van der Waals surface area contributed by atoms with Crippen LogP contribution < -0.4 is 5.32 Å². The molecule has 3 aromatic rings. The molecule has 0 aliphatic rings. The van der Waals surface area contributed by atoms with Crippen molar-refractivity contribution < 1.29 is 4.42 Å². The Morgan fingerprint density at radius 1 is 1.32 bits per heavy atom. The molecule has 0 spiro atoms. The Morgan fingerprint density at radius 3 is 3.00 bits per heavy atom. The molecular weight excluding hydrogens is 244 g/mol. The lowest BCUT2D eigenvalue weighted by Crippen LogP contribution is -2.05. The van der Waals surface area contributed by atoms with Gasteiger partial charge < -0.3 is 9.73 Å². The molecule has 0 saturated carbocycles. The quantitative estimate of drug-likeness (QED) is 0.761. The van der Waals surface area contributed by atoms with E-state index >= 15 is 0 Å². The van der Waals surface area contributed by atoms with E-state index in [1.165, 1.54) is 6.39 Å². The minimum absolute atomic E-state index is 0.505. The second-order valence-corrected chi connectivity index (χ2v) is 4.03. The third-order valence-corrected chi connectivity index (χ3v) is 2.75. The van der Waals surface area contributed by atoms with Gasteiger partial charge >= 0.3 is 0 Å². The molecule has 0 aliphatic heterocycles. The van der Waals surface area contributed by atoms with Crippen LogP contribution in [0.3, 0.4) is 0 Å². The Morgan fingerprint density at radius 2 is 2.26 bits per heavy atom. The number of anilines is 1. The second-order valence-electron chi connectivity index (χ2n) is 4.03. The first-order chi connectivity index (χ1) is 9.33. The third kappa shape index (κ3) is 2.44. The van der Waals surface area contributed by atoms with E-state index in [0.717, 1.165) is 16.9 Å². The first kappa shape index (κ1) is 11.4. The van der Waals surface area contributed by atoms with Crippen LogP contribution in [-0.4, -0.2) is 25.2 Å². The average molecular weight is 256 g/mol. The minimum Gasteiger partial charge on any atom is -0.423 e. The van der Waals surface area contributed by atoms with E-state index in [1.54, 1.807) is 10.9 Å². The van der Waals surface area contributed by atoms with E-state index < -0.39 is 0 Å². The number of nitrogens with zero attached hydrogens (tertiary/aromatic N) is 5. The largest absolute Gasteiger partial charge is 0.423 e. The summed E-state index contributed by atoms with van der Waals surface area (Å²) < 4.78 is 6.90. The molecule has 7 heteroatoms. The van der Waals surface area contributed by atoms with Crippen molar-refractivity contribution in [2.45, 2.75) is 6.54 Å². The lowest BCUT2D eigenvalue weighted by atomic mass is 10.2. The van der Waals surface area contributed by atoms with Gasteiger partial charge in [-0.25, -0.2) is 0 Å². The summed E-state index contributed by atoms with van der Waals surface area (Å²) in [5, 5.41) is 18.6. The summed E-state index contributed by atoms with van der Waals surface area (Å²) in [5.41, 5.74) is 2.85. The zero-order chi connectivity index (χ0) is 13.1. The van der Waals surface area contributed by atoms with E-state index in [2.05, 4.69) is 25.8 Å². The monoisotopic (exact) mass is 256 g/mol. The predicted octanol–water partition coefficient (Wildman–Crippen LogP) is 1.48. The van der Waals surface area contributed by atoms with E-state index in [-0.39, 0.29) is 0 Å². The van der Waals surface area contributed by atoms with Crippen LogP contribution in [0.15, 0.2) is 41.3 Å². The van der Waals surface area contributed by atoms with Crippen LogP contribution in [0.2, 0.25) is 0 Å². The molecule has 0 bridgehead atoms. The average Bonchev–Trinajstić information content (AvgIpc) is 3.08. The zero-order valence-electron chi connectivity index (χ0n) is 10.3. The number of hydrogen-bond acceptors (Lipinski definition) is 6. The maximum Gasteiger partial charge on any atom is 0.247 e. The molecule has 2 aromatic heterocycles. The number of hydrogen-bond donors (Lipinski definition) is 1. The molecule has 1 N–H and O–H groups in total. The number of aromatic nitrogens is 5. The maximum atomic E-state index is 5.17. The molecule has 2 heterocycles. The SMILES string of the molecule is Cn1nncc1CNc1cccc(-c2nnco2)c1. The van der Waals surface area contributed by atoms with Gasteiger partial charge in [0.2, 0.25) is 12.3 Å². The highest BCUT2D eigenvalue weighted by molar-refractivity contribution is 5.60. The van der Waals surface area contributed by atoms with Gasteiger partial charge in [0.15, 0.2) is 0 Å². The van der Waals surface area contributed by atoms with Crippen molar-refractivity contribution in [1.29, 1.82) is 0 Å². The molecule has 96 valence electrons. The maximum absolute atomic E-state index is 5.17. The van der Waals surface area contributed by atoms with Crippen molar-refractivity contribution in [3.63, 3.8) is 0 Å². The summed E-state index contributed by atoms with van der Waals surface area (Å²) >= 11 is 0. The molecule has 7 nitrogen and oxygen atoms in total. The van der Waals surface area contributed by atoms with Crippen LogP contribution in [-0.2, 0) is 13.6 Å². The van der Waals surface area contributed by atoms with Crippen LogP contribution >= 0.6 is 0 Å². The van der Waals surface area contributed by atoms with Crippen LogP contribution in [0.5, 0.6) is 0 Å². The Bertz CT molecular complexity index is 660. The summed E-state index contributed by atoms with van der Waals surface area (Å²) in [6.07, 6.45) is 3.05. The van der Waals surface area contributed by atoms with Crippen molar-refractivity contribution in [1.82, 2.24) is 25.2 Å². The molecule has 1 aromatic carbocycles. The normalized spacial score (nSPS) is 10.6. The number of rotatable bonds is 4. The summed E-state index contributed by atoms with van der Waals surface area (Å²) in [7, 11) is 1.86. The van der Waals surface area contributed by atoms with Gasteiger partial charge in [-0.3, -0.25) is 4.68 Å². The summed E-state index contributed by atoms with van der Waals surface area (Å²) in [6, 6.07) is 7.79. The van der Waals surface area contributed by atoms with Gasteiger partial charge in [-0.1, -0.05) is 11.3 Å². The van der Waals surface area contributed by atoms with E-state index in [9.17, 15) is 0 Å². The Balaban J connectivity index is 1.75. The molecule has 0 aliphatic carbocycles. The summed E-state index contributed by atoms with van der Waals surface area (Å²) in [5.74, 6) is 0.505. The number of nitrogens with one attached hydrogen (secondary N) is 1. The van der Waals surface area contributed by atoms with Crippen LogP contribution in [0, 0.1) is 0 Å². The topological polar surface area (TPSA) is 81.7 Å². The Kier molecular flexibility index (Phi) is 2.93. The Labute approximate surface area is 109 Å². The smallest absolute Gasteiger partial charge is 0.247 e. The molecule has 0 saturated heterocycles. The highest BCUT2D eigenvalue weighted by Crippen LogP contribution is 2.20. The summed E-state index contributed by atoms with van der Waals surface area (Å²) in [6.45, 7) is 0.650. The van der Waals surface area contributed by atoms with Crippen LogP contribution in [0.25, 0.3) is 11.5 Å². The highest BCUT2D eigenvalue weighted by atomic mass is 16.4. The Hall–Kier alpha value is -2.70. The van der Waals surface area contributed by atoms with Crippen molar-refractivity contribution in [3.8, 4) is 11.5 Å². The minimum atomic E-state index is 0.505. The van der Waals surface area contributed by atoms with Gasteiger partial charge in [-0.15, -0.1) is 15.3 Å². The van der Waals surface area contributed by atoms with Crippen molar-refractivity contribution >= 4 is 5.69 Å². The van der Waals surface area contributed by atoms with Crippen molar-refractivity contribution in [3.05, 3.63) is 42.5 Å². The fraction of sp³-hybridized carbons (Fsp3) is 0.167. The molecule has 19 heavy (non-hydrogen) atoms. The van der Waals surface area contributed by atoms with Crippen molar-refractivity contribution in [2.24, 2.45) is 7.05 Å². The van der Waals surface area contributed by atoms with Gasteiger partial charge in [0.05, 0.1) is 18.4 Å². The van der Waals surface area contributed by atoms with E-state index in [0.29, 0.717) is 12.4 Å². The molecule has 0 radical (unpaired) electrons. The van der Waals surface area contributed by atoms with Crippen LogP contribution in [0.1, 0.15) is 5.69 Å². The highest BCUT2D eigenvalue weighted by Gasteiger charge is 2.05. The lowest BCUT2D eigenvalue weighted by Gasteiger charge is -2.06. The fourth-order valence-corrected chi connectivity index (χ4v) is 1.72. The lowest BCUT2D eigenvalue weighted by molar-refractivity contribution is 0.568. The summed E-state index contributed by atoms with van der Waals surface area (Å²) in [4.78, 5) is 0. The first-order valence-electron chi connectivity index (χ1n) is 5.77. The van der Waals surface area contributed by atoms with Gasteiger partial charge in [-0.2, -0.15) is 0 Å². The predicted molar refractivity (Wildman–Crippen MR) is 68.1 cm³/mol. The molecule has 0 amide bonds. The number of aryl methyl sites for hydroxylation is 1. The first-order valence-corrected chi connectivity index (χ1v) is 5.77. The molecule has 0 atom stereocenters. The van der Waals surface area contributed by atoms with Crippen LogP contribution in [0.4, 0.5) is 5.69 Å². The fourth-order valence-electron chi connectivity index (χ4n) is 1.72. The zero-order valence-corrected chi connectivity index (χ0v) is 10.3. The van der Waals surface area contributed by atoms with Gasteiger partial charge in [0.25, 0.3) is 0 Å². The van der Waals surface area contributed by atoms with Crippen molar-refractivity contribution in [2.75, 3.05) is 5.32 Å².